The maximum Gasteiger partial charge on any atom is 0.239 e. The summed E-state index contributed by atoms with van der Waals surface area (Å²) in [6.07, 6.45) is 2.79. The molecule has 3 N–H and O–H groups in total. The smallest absolute Gasteiger partial charge is 0.239 e. The standard InChI is InChI=1S/C16H20BrN3O2/c17-11-2-1-3-12(8-11)20-7-6-13(16(20)22)15(21)19-14(9-18)10-4-5-10/h1-3,8,10,13-14H,4-7,9,18H2,(H,19,21). The molecule has 1 aliphatic heterocycles. The number of hydrogen-bond acceptors (Lipinski definition) is 3. The van der Waals surface area contributed by atoms with Crippen molar-refractivity contribution in [2.75, 3.05) is 18.0 Å². The second-order valence-corrected chi connectivity index (χ2v) is 6.91. The Bertz CT molecular complexity index is 589. The van der Waals surface area contributed by atoms with Gasteiger partial charge in [0.15, 0.2) is 0 Å². The van der Waals surface area contributed by atoms with Gasteiger partial charge in [0, 0.05) is 29.3 Å². The van der Waals surface area contributed by atoms with Crippen LogP contribution in [0.15, 0.2) is 28.7 Å². The molecule has 1 aromatic carbocycles. The van der Waals surface area contributed by atoms with Gasteiger partial charge in [-0.2, -0.15) is 0 Å². The van der Waals surface area contributed by atoms with E-state index in [1.54, 1.807) is 4.90 Å². The Kier molecular flexibility index (Phi) is 4.49. The van der Waals surface area contributed by atoms with Crippen molar-refractivity contribution < 1.29 is 9.59 Å². The molecule has 1 aromatic rings. The molecule has 2 unspecified atom stereocenters. The van der Waals surface area contributed by atoms with Crippen LogP contribution in [0.2, 0.25) is 0 Å². The molecule has 118 valence electrons. The maximum absolute atomic E-state index is 12.5. The normalized spacial score (nSPS) is 22.7. The van der Waals surface area contributed by atoms with Crippen LogP contribution >= 0.6 is 15.9 Å². The van der Waals surface area contributed by atoms with Crippen LogP contribution in [0.4, 0.5) is 5.69 Å². The number of nitrogens with one attached hydrogen (secondary N) is 1. The Morgan fingerprint density at radius 3 is 2.82 bits per heavy atom. The zero-order chi connectivity index (χ0) is 15.7. The SMILES string of the molecule is NCC(NC(=O)C1CCN(c2cccc(Br)c2)C1=O)C1CC1. The van der Waals surface area contributed by atoms with Gasteiger partial charge in [0.1, 0.15) is 5.92 Å². The van der Waals surface area contributed by atoms with Gasteiger partial charge in [-0.15, -0.1) is 0 Å². The molecule has 2 fully saturated rings. The average Bonchev–Trinajstić information content (AvgIpc) is 3.27. The van der Waals surface area contributed by atoms with Crippen LogP contribution in [0.3, 0.4) is 0 Å². The summed E-state index contributed by atoms with van der Waals surface area (Å²) in [5.74, 6) is -0.398. The molecule has 1 aliphatic carbocycles. The number of nitrogens with two attached hydrogens (primary N) is 1. The molecular weight excluding hydrogens is 346 g/mol. The van der Waals surface area contributed by atoms with Crippen molar-refractivity contribution in [2.45, 2.75) is 25.3 Å². The Labute approximate surface area is 138 Å². The number of amides is 2. The molecule has 0 bridgehead atoms. The van der Waals surface area contributed by atoms with Crippen molar-refractivity contribution in [1.82, 2.24) is 5.32 Å². The lowest BCUT2D eigenvalue weighted by atomic mass is 10.1. The lowest BCUT2D eigenvalue weighted by molar-refractivity contribution is -0.132. The molecule has 3 rings (SSSR count). The number of carbonyl (C=O) groups excluding carboxylic acids is 2. The summed E-state index contributed by atoms with van der Waals surface area (Å²) in [5, 5.41) is 2.96. The van der Waals surface area contributed by atoms with Crippen LogP contribution in [0.1, 0.15) is 19.3 Å². The van der Waals surface area contributed by atoms with Crippen LogP contribution in [0.5, 0.6) is 0 Å². The molecule has 0 aromatic heterocycles. The molecule has 1 saturated heterocycles. The first-order valence-electron chi connectivity index (χ1n) is 7.67. The zero-order valence-corrected chi connectivity index (χ0v) is 13.9. The average molecular weight is 366 g/mol. The number of nitrogens with zero attached hydrogens (tertiary/aromatic N) is 1. The number of benzene rings is 1. The van der Waals surface area contributed by atoms with Crippen LogP contribution in [0, 0.1) is 11.8 Å². The fraction of sp³-hybridized carbons (Fsp3) is 0.500. The zero-order valence-electron chi connectivity index (χ0n) is 12.3. The summed E-state index contributed by atoms with van der Waals surface area (Å²) in [6, 6.07) is 7.59. The van der Waals surface area contributed by atoms with E-state index in [4.69, 9.17) is 5.73 Å². The molecule has 22 heavy (non-hydrogen) atoms. The van der Waals surface area contributed by atoms with Crippen molar-refractivity contribution in [3.8, 4) is 0 Å². The minimum absolute atomic E-state index is 0.0141. The summed E-state index contributed by atoms with van der Waals surface area (Å²) in [6.45, 7) is 1.01. The largest absolute Gasteiger partial charge is 0.351 e. The Balaban J connectivity index is 1.66. The highest BCUT2D eigenvalue weighted by molar-refractivity contribution is 9.10. The van der Waals surface area contributed by atoms with Crippen LogP contribution in [-0.2, 0) is 9.59 Å². The summed E-state index contributed by atoms with van der Waals surface area (Å²) >= 11 is 3.41. The predicted molar refractivity (Wildman–Crippen MR) is 88.3 cm³/mol. The second-order valence-electron chi connectivity index (χ2n) is 6.00. The van der Waals surface area contributed by atoms with Gasteiger partial charge in [0.2, 0.25) is 11.8 Å². The second kappa shape index (κ2) is 6.38. The molecule has 1 heterocycles. The number of halogens is 1. The van der Waals surface area contributed by atoms with Gasteiger partial charge in [0.25, 0.3) is 0 Å². The van der Waals surface area contributed by atoms with Crippen molar-refractivity contribution in [3.05, 3.63) is 28.7 Å². The van der Waals surface area contributed by atoms with Crippen molar-refractivity contribution >= 4 is 33.4 Å². The van der Waals surface area contributed by atoms with E-state index in [0.29, 0.717) is 25.4 Å². The highest BCUT2D eigenvalue weighted by Crippen LogP contribution is 2.33. The first-order chi connectivity index (χ1) is 10.6. The third-order valence-electron chi connectivity index (χ3n) is 4.41. The number of anilines is 1. The van der Waals surface area contributed by atoms with Gasteiger partial charge in [-0.05, 0) is 43.4 Å². The lowest BCUT2D eigenvalue weighted by Crippen LogP contribution is -2.46. The molecule has 6 heteroatoms. The van der Waals surface area contributed by atoms with Crippen LogP contribution < -0.4 is 16.0 Å². The minimum Gasteiger partial charge on any atom is -0.351 e. The molecule has 0 spiro atoms. The van der Waals surface area contributed by atoms with E-state index in [1.165, 1.54) is 0 Å². The highest BCUT2D eigenvalue weighted by Gasteiger charge is 2.40. The van der Waals surface area contributed by atoms with Crippen LogP contribution in [-0.4, -0.2) is 30.9 Å². The number of hydrogen-bond donors (Lipinski definition) is 2. The Morgan fingerprint density at radius 2 is 2.18 bits per heavy atom. The number of rotatable bonds is 5. The van der Waals surface area contributed by atoms with E-state index in [1.807, 2.05) is 24.3 Å². The van der Waals surface area contributed by atoms with Gasteiger partial charge in [0.05, 0.1) is 0 Å². The van der Waals surface area contributed by atoms with Gasteiger partial charge in [-0.25, -0.2) is 0 Å². The van der Waals surface area contributed by atoms with E-state index in [9.17, 15) is 9.59 Å². The van der Waals surface area contributed by atoms with Crippen molar-refractivity contribution in [3.63, 3.8) is 0 Å². The van der Waals surface area contributed by atoms with Gasteiger partial charge in [-0.3, -0.25) is 9.59 Å². The minimum atomic E-state index is -0.591. The van der Waals surface area contributed by atoms with E-state index >= 15 is 0 Å². The molecule has 5 nitrogen and oxygen atoms in total. The first kappa shape index (κ1) is 15.5. The third-order valence-corrected chi connectivity index (χ3v) is 4.91. The molecule has 0 radical (unpaired) electrons. The van der Waals surface area contributed by atoms with Crippen LogP contribution in [0.25, 0.3) is 0 Å². The van der Waals surface area contributed by atoms with Gasteiger partial charge >= 0.3 is 0 Å². The quantitative estimate of drug-likeness (QED) is 0.779. The topological polar surface area (TPSA) is 75.4 Å². The summed E-state index contributed by atoms with van der Waals surface area (Å²) in [7, 11) is 0. The summed E-state index contributed by atoms with van der Waals surface area (Å²) < 4.78 is 0.919. The molecule has 2 aliphatic rings. The van der Waals surface area contributed by atoms with Crippen molar-refractivity contribution in [2.24, 2.45) is 17.6 Å². The molecular formula is C16H20BrN3O2. The molecule has 2 amide bonds. The first-order valence-corrected chi connectivity index (χ1v) is 8.47. The molecule has 2 atom stereocenters. The van der Waals surface area contributed by atoms with E-state index in [0.717, 1.165) is 23.0 Å². The van der Waals surface area contributed by atoms with Crippen molar-refractivity contribution in [1.29, 1.82) is 0 Å². The fourth-order valence-electron chi connectivity index (χ4n) is 2.97. The highest BCUT2D eigenvalue weighted by atomic mass is 79.9. The van der Waals surface area contributed by atoms with Gasteiger partial charge < -0.3 is 16.0 Å². The Hall–Kier alpha value is -1.40. The third kappa shape index (κ3) is 3.17. The molecule has 1 saturated carbocycles. The number of carbonyl (C=O) groups is 2. The summed E-state index contributed by atoms with van der Waals surface area (Å²) in [4.78, 5) is 26.6. The monoisotopic (exact) mass is 365 g/mol. The Morgan fingerprint density at radius 1 is 1.41 bits per heavy atom. The predicted octanol–water partition coefficient (Wildman–Crippen LogP) is 1.66. The van der Waals surface area contributed by atoms with Gasteiger partial charge in [-0.1, -0.05) is 22.0 Å². The van der Waals surface area contributed by atoms with E-state index in [2.05, 4.69) is 21.2 Å². The fourth-order valence-corrected chi connectivity index (χ4v) is 3.36. The lowest BCUT2D eigenvalue weighted by Gasteiger charge is -2.19. The summed E-state index contributed by atoms with van der Waals surface area (Å²) in [5.41, 5.74) is 6.54. The van der Waals surface area contributed by atoms with E-state index in [-0.39, 0.29) is 17.9 Å². The van der Waals surface area contributed by atoms with E-state index < -0.39 is 5.92 Å². The maximum atomic E-state index is 12.5.